The van der Waals surface area contributed by atoms with Crippen molar-refractivity contribution in [2.24, 2.45) is 5.11 Å². The molecule has 0 spiro atoms. The number of aromatic amines is 1. The summed E-state index contributed by atoms with van der Waals surface area (Å²) < 4.78 is 0.974. The number of hydrogen-bond donors (Lipinski definition) is 4. The molecule has 0 bridgehead atoms. The van der Waals surface area contributed by atoms with Gasteiger partial charge in [0.25, 0.3) is 5.91 Å². The second-order valence-corrected chi connectivity index (χ2v) is 10.4. The maximum Gasteiger partial charge on any atom is 0.261 e. The molecule has 3 aromatic heterocycles. The minimum atomic E-state index is -0.0640. The van der Waals surface area contributed by atoms with Crippen LogP contribution in [-0.2, 0) is 6.54 Å². The Morgan fingerprint density at radius 1 is 1.15 bits per heavy atom. The zero-order valence-electron chi connectivity index (χ0n) is 21.9. The summed E-state index contributed by atoms with van der Waals surface area (Å²) in [7, 11) is 0. The van der Waals surface area contributed by atoms with E-state index in [1.165, 1.54) is 24.2 Å². The number of hydrogen-bond acceptors (Lipinski definition) is 9. The summed E-state index contributed by atoms with van der Waals surface area (Å²) in [5.41, 5.74) is 11.2. The Kier molecular flexibility index (Phi) is 8.21. The Labute approximate surface area is 229 Å². The van der Waals surface area contributed by atoms with Crippen molar-refractivity contribution in [1.29, 1.82) is 0 Å². The lowest BCUT2D eigenvalue weighted by Gasteiger charge is -2.17. The van der Waals surface area contributed by atoms with Gasteiger partial charge in [-0.15, -0.1) is 11.3 Å². The van der Waals surface area contributed by atoms with Crippen molar-refractivity contribution in [3.8, 4) is 0 Å². The minimum Gasteiger partial charge on any atom is -0.350 e. The normalized spacial score (nSPS) is 12.9. The molecule has 1 aliphatic carbocycles. The fourth-order valence-corrected chi connectivity index (χ4v) is 5.26. The molecule has 0 saturated heterocycles. The van der Waals surface area contributed by atoms with Crippen LogP contribution in [0, 0.1) is 0 Å². The number of rotatable bonds is 13. The molecule has 1 saturated carbocycles. The summed E-state index contributed by atoms with van der Waals surface area (Å²) >= 11 is 1.44. The third kappa shape index (κ3) is 6.82. The fraction of sp³-hybridized carbons (Fsp3) is 0.385. The molecular formula is C26H31N11OS. The fourth-order valence-electron chi connectivity index (χ4n) is 4.24. The summed E-state index contributed by atoms with van der Waals surface area (Å²) in [4.78, 5) is 27.6. The summed E-state index contributed by atoms with van der Waals surface area (Å²) in [6, 6.07) is 11.5. The van der Waals surface area contributed by atoms with E-state index < -0.39 is 0 Å². The number of fused-ring (bicyclic) bond motifs is 1. The first kappa shape index (κ1) is 26.4. The number of carbonyl (C=O) groups excluding carboxylic acids is 1. The smallest absolute Gasteiger partial charge is 0.261 e. The van der Waals surface area contributed by atoms with Gasteiger partial charge in [-0.25, -0.2) is 4.98 Å². The van der Waals surface area contributed by atoms with Crippen molar-refractivity contribution >= 4 is 50.6 Å². The van der Waals surface area contributed by atoms with Crippen LogP contribution in [0.2, 0.25) is 0 Å². The third-order valence-electron chi connectivity index (χ3n) is 6.55. The molecular weight excluding hydrogens is 514 g/mol. The number of anilines is 4. The van der Waals surface area contributed by atoms with E-state index in [1.54, 1.807) is 6.07 Å². The topological polar surface area (TPSA) is 160 Å². The Morgan fingerprint density at radius 2 is 2.00 bits per heavy atom. The molecule has 12 nitrogen and oxygen atoms in total. The average Bonchev–Trinajstić information content (AvgIpc) is 3.53. The number of nitrogens with one attached hydrogen (secondary N) is 4. The molecule has 1 aromatic carbocycles. The van der Waals surface area contributed by atoms with Gasteiger partial charge in [0.1, 0.15) is 5.82 Å². The van der Waals surface area contributed by atoms with Crippen LogP contribution in [0.3, 0.4) is 0 Å². The number of thiophene rings is 1. The van der Waals surface area contributed by atoms with Gasteiger partial charge in [-0.2, -0.15) is 10.1 Å². The van der Waals surface area contributed by atoms with E-state index in [1.807, 2.05) is 30.3 Å². The van der Waals surface area contributed by atoms with Gasteiger partial charge in [-0.1, -0.05) is 25.0 Å². The highest BCUT2D eigenvalue weighted by Crippen LogP contribution is 2.39. The summed E-state index contributed by atoms with van der Waals surface area (Å²) in [5, 5.41) is 21.5. The number of nitrogens with zero attached hydrogens (tertiary/aromatic N) is 7. The molecule has 1 fully saturated rings. The van der Waals surface area contributed by atoms with Gasteiger partial charge in [-0.3, -0.25) is 9.89 Å². The largest absolute Gasteiger partial charge is 0.350 e. The SMILES string of the molecule is CCN(CC)CCNC(=O)c1cc2ccc(Nc3nc(CN=[N+]=[N-])cc(Nc4cc(C5CC5)[nH]n4)n3)cc2s1. The molecule has 0 atom stereocenters. The molecule has 3 heterocycles. The summed E-state index contributed by atoms with van der Waals surface area (Å²) in [6.07, 6.45) is 2.36. The van der Waals surface area contributed by atoms with Crippen molar-refractivity contribution in [2.45, 2.75) is 39.2 Å². The second kappa shape index (κ2) is 12.1. The van der Waals surface area contributed by atoms with Crippen molar-refractivity contribution in [3.63, 3.8) is 0 Å². The summed E-state index contributed by atoms with van der Waals surface area (Å²) in [5.74, 6) is 2.05. The van der Waals surface area contributed by atoms with E-state index in [9.17, 15) is 4.79 Å². The minimum absolute atomic E-state index is 0.0640. The summed E-state index contributed by atoms with van der Waals surface area (Å²) in [6.45, 7) is 7.69. The highest BCUT2D eigenvalue weighted by atomic mass is 32.1. The first-order chi connectivity index (χ1) is 19.0. The first-order valence-corrected chi connectivity index (χ1v) is 13.9. The highest BCUT2D eigenvalue weighted by molar-refractivity contribution is 7.20. The van der Waals surface area contributed by atoms with Gasteiger partial charge in [0.15, 0.2) is 5.82 Å². The van der Waals surface area contributed by atoms with Crippen LogP contribution in [-0.4, -0.2) is 57.2 Å². The monoisotopic (exact) mass is 545 g/mol. The Morgan fingerprint density at radius 3 is 2.77 bits per heavy atom. The Balaban J connectivity index is 1.30. The highest BCUT2D eigenvalue weighted by Gasteiger charge is 2.25. The average molecular weight is 546 g/mol. The van der Waals surface area contributed by atoms with Gasteiger partial charge in [0.2, 0.25) is 5.95 Å². The van der Waals surface area contributed by atoms with Gasteiger partial charge in [0.05, 0.1) is 17.1 Å². The van der Waals surface area contributed by atoms with Crippen LogP contribution in [0.5, 0.6) is 0 Å². The number of H-pyrrole nitrogens is 1. The quantitative estimate of drug-likeness (QED) is 0.0957. The number of benzene rings is 1. The number of carbonyl (C=O) groups is 1. The molecule has 5 rings (SSSR count). The Hall–Kier alpha value is -4.19. The predicted octanol–water partition coefficient (Wildman–Crippen LogP) is 5.66. The van der Waals surface area contributed by atoms with Gasteiger partial charge in [-0.05, 0) is 55.0 Å². The van der Waals surface area contributed by atoms with Crippen LogP contribution in [0.1, 0.15) is 53.7 Å². The molecule has 1 amide bonds. The lowest BCUT2D eigenvalue weighted by Crippen LogP contribution is -2.34. The van der Waals surface area contributed by atoms with Crippen LogP contribution in [0.25, 0.3) is 20.5 Å². The van der Waals surface area contributed by atoms with Crippen LogP contribution >= 0.6 is 11.3 Å². The Bertz CT molecular complexity index is 1500. The predicted molar refractivity (Wildman–Crippen MR) is 154 cm³/mol. The van der Waals surface area contributed by atoms with Crippen LogP contribution in [0.4, 0.5) is 23.3 Å². The lowest BCUT2D eigenvalue weighted by molar-refractivity contribution is 0.0953. The molecule has 39 heavy (non-hydrogen) atoms. The lowest BCUT2D eigenvalue weighted by atomic mass is 10.2. The molecule has 1 aliphatic rings. The van der Waals surface area contributed by atoms with E-state index in [4.69, 9.17) is 5.53 Å². The third-order valence-corrected chi connectivity index (χ3v) is 7.65. The maximum atomic E-state index is 12.7. The van der Waals surface area contributed by atoms with E-state index in [2.05, 4.69) is 64.9 Å². The molecule has 4 N–H and O–H groups in total. The number of amides is 1. The van der Waals surface area contributed by atoms with Crippen LogP contribution < -0.4 is 16.0 Å². The van der Waals surface area contributed by atoms with Crippen LogP contribution in [0.15, 0.2) is 41.5 Å². The molecule has 0 unspecified atom stereocenters. The molecule has 0 aliphatic heterocycles. The number of likely N-dealkylation sites (N-methyl/N-ethyl adjacent to an activating group) is 1. The van der Waals surface area contributed by atoms with E-state index in [0.29, 0.717) is 40.6 Å². The van der Waals surface area contributed by atoms with E-state index in [0.717, 1.165) is 41.1 Å². The molecule has 4 aromatic rings. The first-order valence-electron chi connectivity index (χ1n) is 13.1. The number of azide groups is 1. The van der Waals surface area contributed by atoms with Gasteiger partial charge in [0, 0.05) is 52.1 Å². The van der Waals surface area contributed by atoms with Crippen molar-refractivity contribution in [2.75, 3.05) is 36.8 Å². The standard InChI is InChI=1S/C26H31N11OS/c1-3-37(4-2)10-9-28-25(38)22-11-17-7-8-18(12-21(17)39-22)30-26-31-19(15-29-36-27)13-23(33-26)32-24-14-20(34-35-24)16-5-6-16/h7-8,11-14,16H,3-6,9-10,15H2,1-2H3,(H,28,38)(H3,30,31,32,33,34,35). The van der Waals surface area contributed by atoms with E-state index >= 15 is 0 Å². The van der Waals surface area contributed by atoms with Gasteiger partial charge < -0.3 is 20.9 Å². The second-order valence-electron chi connectivity index (χ2n) is 9.34. The van der Waals surface area contributed by atoms with Crippen molar-refractivity contribution < 1.29 is 4.79 Å². The number of aromatic nitrogens is 4. The molecule has 13 heteroatoms. The maximum absolute atomic E-state index is 12.7. The molecule has 202 valence electrons. The zero-order valence-corrected chi connectivity index (χ0v) is 22.8. The van der Waals surface area contributed by atoms with Crippen molar-refractivity contribution in [3.05, 3.63) is 63.1 Å². The van der Waals surface area contributed by atoms with E-state index in [-0.39, 0.29) is 12.5 Å². The van der Waals surface area contributed by atoms with Gasteiger partial charge >= 0.3 is 0 Å². The zero-order chi connectivity index (χ0) is 27.2. The molecule has 0 radical (unpaired) electrons. The van der Waals surface area contributed by atoms with Crippen molar-refractivity contribution in [1.82, 2.24) is 30.4 Å².